The molecule has 0 amide bonds. The van der Waals surface area contributed by atoms with E-state index in [0.29, 0.717) is 16.7 Å². The molecule has 0 fully saturated rings. The molecule has 0 saturated carbocycles. The van der Waals surface area contributed by atoms with E-state index < -0.39 is 5.97 Å². The van der Waals surface area contributed by atoms with Crippen LogP contribution in [-0.4, -0.2) is 17.6 Å². The molecule has 0 unspecified atom stereocenters. The van der Waals surface area contributed by atoms with E-state index in [4.69, 9.17) is 0 Å². The molecule has 0 spiro atoms. The van der Waals surface area contributed by atoms with Crippen LogP contribution in [-0.2, 0) is 11.8 Å². The highest BCUT2D eigenvalue weighted by Gasteiger charge is 2.13. The van der Waals surface area contributed by atoms with Crippen molar-refractivity contribution in [1.82, 2.24) is 4.57 Å². The molecule has 4 nitrogen and oxygen atoms in total. The van der Waals surface area contributed by atoms with E-state index in [9.17, 15) is 9.59 Å². The second-order valence-electron chi connectivity index (χ2n) is 3.20. The van der Waals surface area contributed by atoms with E-state index in [1.165, 1.54) is 17.9 Å². The summed E-state index contributed by atoms with van der Waals surface area (Å²) in [6.07, 6.45) is 1.50. The van der Waals surface area contributed by atoms with Gasteiger partial charge >= 0.3 is 5.97 Å². The Morgan fingerprint density at radius 1 is 1.36 bits per heavy atom. The standard InChI is InChI=1S/C10H13NO3/c1-6-7(2)9(12)11(3)5-8(6)10(13)14-4/h5H,1-4H3. The van der Waals surface area contributed by atoms with Crippen LogP contribution in [0.3, 0.4) is 0 Å². The fourth-order valence-corrected chi connectivity index (χ4v) is 1.29. The van der Waals surface area contributed by atoms with Gasteiger partial charge in [-0.1, -0.05) is 0 Å². The lowest BCUT2D eigenvalue weighted by Crippen LogP contribution is -2.23. The molecule has 0 N–H and O–H groups in total. The summed E-state index contributed by atoms with van der Waals surface area (Å²) in [6, 6.07) is 0. The summed E-state index contributed by atoms with van der Waals surface area (Å²) < 4.78 is 6.00. The van der Waals surface area contributed by atoms with E-state index in [1.54, 1.807) is 20.9 Å². The Hall–Kier alpha value is -1.58. The van der Waals surface area contributed by atoms with Gasteiger partial charge in [-0.3, -0.25) is 4.79 Å². The van der Waals surface area contributed by atoms with Crippen molar-refractivity contribution in [2.24, 2.45) is 7.05 Å². The van der Waals surface area contributed by atoms with Crippen molar-refractivity contribution >= 4 is 5.97 Å². The van der Waals surface area contributed by atoms with Crippen LogP contribution in [0.1, 0.15) is 21.5 Å². The molecule has 14 heavy (non-hydrogen) atoms. The van der Waals surface area contributed by atoms with Crippen molar-refractivity contribution in [2.75, 3.05) is 7.11 Å². The Morgan fingerprint density at radius 2 is 1.93 bits per heavy atom. The summed E-state index contributed by atoms with van der Waals surface area (Å²) in [7, 11) is 2.93. The van der Waals surface area contributed by atoms with Gasteiger partial charge in [0.25, 0.3) is 5.56 Å². The predicted molar refractivity (Wildman–Crippen MR) is 52.5 cm³/mol. The maximum absolute atomic E-state index is 11.5. The lowest BCUT2D eigenvalue weighted by Gasteiger charge is -2.08. The normalized spacial score (nSPS) is 10.0. The van der Waals surface area contributed by atoms with Crippen molar-refractivity contribution in [1.29, 1.82) is 0 Å². The van der Waals surface area contributed by atoms with Gasteiger partial charge in [-0.2, -0.15) is 0 Å². The smallest absolute Gasteiger partial charge is 0.339 e. The highest BCUT2D eigenvalue weighted by Crippen LogP contribution is 2.09. The first-order chi connectivity index (χ1) is 6.49. The first-order valence-electron chi connectivity index (χ1n) is 4.24. The second-order valence-corrected chi connectivity index (χ2v) is 3.20. The summed E-state index contributed by atoms with van der Waals surface area (Å²) in [4.78, 5) is 22.8. The SMILES string of the molecule is COC(=O)c1cn(C)c(=O)c(C)c1C. The molecule has 1 heterocycles. The average molecular weight is 195 g/mol. The maximum atomic E-state index is 11.5. The number of carbonyl (C=O) groups is 1. The minimum absolute atomic E-state index is 0.0878. The quantitative estimate of drug-likeness (QED) is 0.622. The monoisotopic (exact) mass is 195 g/mol. The fraction of sp³-hybridized carbons (Fsp3) is 0.400. The summed E-state index contributed by atoms with van der Waals surface area (Å²) in [5.74, 6) is -0.416. The van der Waals surface area contributed by atoms with Gasteiger partial charge in [0.2, 0.25) is 0 Å². The molecule has 0 aromatic carbocycles. The van der Waals surface area contributed by atoms with Crippen molar-refractivity contribution in [2.45, 2.75) is 13.8 Å². The summed E-state index contributed by atoms with van der Waals surface area (Å²) in [5.41, 5.74) is 1.61. The van der Waals surface area contributed by atoms with Gasteiger partial charge in [-0.15, -0.1) is 0 Å². The molecule has 1 rings (SSSR count). The largest absolute Gasteiger partial charge is 0.465 e. The molecule has 0 atom stereocenters. The third-order valence-corrected chi connectivity index (χ3v) is 2.34. The molecular formula is C10H13NO3. The van der Waals surface area contributed by atoms with Crippen LogP contribution >= 0.6 is 0 Å². The van der Waals surface area contributed by atoms with Crippen LogP contribution in [0.4, 0.5) is 0 Å². The number of methoxy groups -OCH3 is 1. The fourth-order valence-electron chi connectivity index (χ4n) is 1.29. The van der Waals surface area contributed by atoms with Crippen LogP contribution in [0.5, 0.6) is 0 Å². The zero-order valence-electron chi connectivity index (χ0n) is 8.75. The number of pyridine rings is 1. The van der Waals surface area contributed by atoms with Gasteiger partial charge in [0, 0.05) is 18.8 Å². The minimum atomic E-state index is -0.416. The highest BCUT2D eigenvalue weighted by molar-refractivity contribution is 5.90. The Kier molecular flexibility index (Phi) is 2.74. The number of ether oxygens (including phenoxy) is 1. The number of hydrogen-bond acceptors (Lipinski definition) is 3. The molecule has 0 aliphatic carbocycles. The molecule has 1 aromatic heterocycles. The van der Waals surface area contributed by atoms with Crippen LogP contribution in [0.25, 0.3) is 0 Å². The van der Waals surface area contributed by atoms with Crippen LogP contribution < -0.4 is 5.56 Å². The number of aryl methyl sites for hydroxylation is 1. The average Bonchev–Trinajstić information content (AvgIpc) is 2.19. The minimum Gasteiger partial charge on any atom is -0.465 e. The third kappa shape index (κ3) is 1.55. The zero-order valence-corrected chi connectivity index (χ0v) is 8.75. The molecule has 1 aromatic rings. The Morgan fingerprint density at radius 3 is 2.43 bits per heavy atom. The molecule has 0 saturated heterocycles. The van der Waals surface area contributed by atoms with E-state index in [2.05, 4.69) is 4.74 Å². The molecule has 0 aliphatic rings. The molecule has 0 aliphatic heterocycles. The Balaban J connectivity index is 3.48. The van der Waals surface area contributed by atoms with Crippen molar-refractivity contribution in [3.8, 4) is 0 Å². The third-order valence-electron chi connectivity index (χ3n) is 2.34. The molecule has 76 valence electrons. The number of nitrogens with zero attached hydrogens (tertiary/aromatic N) is 1. The van der Waals surface area contributed by atoms with Gasteiger partial charge in [-0.25, -0.2) is 4.79 Å². The van der Waals surface area contributed by atoms with Crippen LogP contribution in [0.15, 0.2) is 11.0 Å². The molecule has 0 radical (unpaired) electrons. The Labute approximate surface area is 82.1 Å². The second kappa shape index (κ2) is 3.65. The van der Waals surface area contributed by atoms with E-state index in [-0.39, 0.29) is 5.56 Å². The summed E-state index contributed by atoms with van der Waals surface area (Å²) >= 11 is 0. The van der Waals surface area contributed by atoms with Crippen molar-refractivity contribution < 1.29 is 9.53 Å². The number of aromatic nitrogens is 1. The topological polar surface area (TPSA) is 48.3 Å². The van der Waals surface area contributed by atoms with E-state index in [0.717, 1.165) is 0 Å². The van der Waals surface area contributed by atoms with Gasteiger partial charge in [0.15, 0.2) is 0 Å². The maximum Gasteiger partial charge on any atom is 0.339 e. The lowest BCUT2D eigenvalue weighted by atomic mass is 10.1. The Bertz CT molecular complexity index is 432. The molecule has 4 heteroatoms. The number of esters is 1. The first kappa shape index (κ1) is 10.5. The molecule has 0 bridgehead atoms. The summed E-state index contributed by atoms with van der Waals surface area (Å²) in [6.45, 7) is 3.44. The zero-order chi connectivity index (χ0) is 10.9. The lowest BCUT2D eigenvalue weighted by molar-refractivity contribution is 0.0598. The number of rotatable bonds is 1. The van der Waals surface area contributed by atoms with Gasteiger partial charge in [-0.05, 0) is 19.4 Å². The van der Waals surface area contributed by atoms with Crippen LogP contribution in [0, 0.1) is 13.8 Å². The predicted octanol–water partition coefficient (Wildman–Crippen LogP) is 0.789. The van der Waals surface area contributed by atoms with Gasteiger partial charge in [0.05, 0.1) is 12.7 Å². The van der Waals surface area contributed by atoms with Crippen LogP contribution in [0.2, 0.25) is 0 Å². The van der Waals surface area contributed by atoms with Crippen molar-refractivity contribution in [3.63, 3.8) is 0 Å². The van der Waals surface area contributed by atoms with Crippen molar-refractivity contribution in [3.05, 3.63) is 33.2 Å². The summed E-state index contributed by atoms with van der Waals surface area (Å²) in [5, 5.41) is 0. The van der Waals surface area contributed by atoms with Gasteiger partial charge < -0.3 is 9.30 Å². The number of hydrogen-bond donors (Lipinski definition) is 0. The van der Waals surface area contributed by atoms with Gasteiger partial charge in [0.1, 0.15) is 0 Å². The van der Waals surface area contributed by atoms with E-state index >= 15 is 0 Å². The first-order valence-corrected chi connectivity index (χ1v) is 4.24. The number of carbonyl (C=O) groups excluding carboxylic acids is 1. The molecular weight excluding hydrogens is 182 g/mol. The highest BCUT2D eigenvalue weighted by atomic mass is 16.5. The van der Waals surface area contributed by atoms with E-state index in [1.807, 2.05) is 0 Å².